The first-order chi connectivity index (χ1) is 8.63. The van der Waals surface area contributed by atoms with E-state index in [1.54, 1.807) is 0 Å². The Balaban J connectivity index is 0.00000324. The van der Waals surface area contributed by atoms with Gasteiger partial charge in [-0.25, -0.2) is 0 Å². The Morgan fingerprint density at radius 3 is 2.47 bits per heavy atom. The van der Waals surface area contributed by atoms with Crippen molar-refractivity contribution in [1.29, 1.82) is 0 Å². The van der Waals surface area contributed by atoms with Crippen molar-refractivity contribution in [3.05, 3.63) is 35.9 Å². The summed E-state index contributed by atoms with van der Waals surface area (Å²) in [7, 11) is 1.32. The van der Waals surface area contributed by atoms with Crippen LogP contribution in [0.5, 0.6) is 0 Å². The van der Waals surface area contributed by atoms with Crippen LogP contribution in [0.2, 0.25) is 0 Å². The molecule has 0 saturated carbocycles. The Morgan fingerprint density at radius 2 is 1.95 bits per heavy atom. The normalized spacial score (nSPS) is 11.2. The Kier molecular flexibility index (Phi) is 8.57. The number of rotatable bonds is 7. The first-order valence-electron chi connectivity index (χ1n) is 5.77. The fourth-order valence-corrected chi connectivity index (χ4v) is 1.57. The minimum atomic E-state index is -0.511. The fraction of sp³-hybridized carbons (Fsp3) is 0.385. The van der Waals surface area contributed by atoms with Crippen LogP contribution in [0.1, 0.15) is 18.4 Å². The van der Waals surface area contributed by atoms with Gasteiger partial charge in [-0.3, -0.25) is 9.59 Å². The largest absolute Gasteiger partial charge is 0.468 e. The third-order valence-corrected chi connectivity index (χ3v) is 2.56. The molecule has 1 atom stereocenters. The maximum Gasteiger partial charge on any atom is 0.322 e. The molecule has 0 heterocycles. The predicted octanol–water partition coefficient (Wildman–Crippen LogP) is 1.01. The van der Waals surface area contributed by atoms with Crippen LogP contribution < -0.4 is 11.1 Å². The van der Waals surface area contributed by atoms with Crippen molar-refractivity contribution in [2.24, 2.45) is 5.73 Å². The number of esters is 1. The molecule has 19 heavy (non-hydrogen) atoms. The Morgan fingerprint density at radius 1 is 1.32 bits per heavy atom. The second kappa shape index (κ2) is 9.35. The maximum atomic E-state index is 11.5. The maximum absolute atomic E-state index is 11.5. The molecule has 0 unspecified atom stereocenters. The standard InChI is InChI=1S/C13H18N2O3.ClH/c1-18-13(17)11(7-8-12(14)16)15-9-10-5-3-2-4-6-10;/h2-6,11,15H,7-9H2,1H3,(H2,14,16);1H/t11-;/m0./s1. The van der Waals surface area contributed by atoms with Crippen LogP contribution >= 0.6 is 12.4 Å². The number of primary amides is 1. The molecule has 0 bridgehead atoms. The number of carbonyl (C=O) groups excluding carboxylic acids is 2. The second-order valence-electron chi connectivity index (χ2n) is 3.95. The van der Waals surface area contributed by atoms with Gasteiger partial charge in [0.2, 0.25) is 5.91 Å². The highest BCUT2D eigenvalue weighted by atomic mass is 35.5. The highest BCUT2D eigenvalue weighted by molar-refractivity contribution is 5.85. The van der Waals surface area contributed by atoms with Crippen LogP contribution in [0.25, 0.3) is 0 Å². The summed E-state index contributed by atoms with van der Waals surface area (Å²) in [5.74, 6) is -0.808. The third-order valence-electron chi connectivity index (χ3n) is 2.56. The quantitative estimate of drug-likeness (QED) is 0.733. The lowest BCUT2D eigenvalue weighted by atomic mass is 10.1. The summed E-state index contributed by atoms with van der Waals surface area (Å²) < 4.78 is 4.68. The summed E-state index contributed by atoms with van der Waals surface area (Å²) in [5, 5.41) is 3.06. The fourth-order valence-electron chi connectivity index (χ4n) is 1.57. The van der Waals surface area contributed by atoms with E-state index in [-0.39, 0.29) is 24.8 Å². The van der Waals surface area contributed by atoms with Gasteiger partial charge in [0, 0.05) is 13.0 Å². The van der Waals surface area contributed by atoms with Gasteiger partial charge in [-0.2, -0.15) is 0 Å². The Hall–Kier alpha value is -1.59. The number of benzene rings is 1. The van der Waals surface area contributed by atoms with Crippen molar-refractivity contribution in [2.75, 3.05) is 7.11 Å². The molecule has 5 nitrogen and oxygen atoms in total. The molecule has 0 aliphatic rings. The molecular weight excluding hydrogens is 268 g/mol. The van der Waals surface area contributed by atoms with Crippen molar-refractivity contribution in [1.82, 2.24) is 5.32 Å². The summed E-state index contributed by atoms with van der Waals surface area (Å²) in [6.07, 6.45) is 0.496. The molecule has 106 valence electrons. The zero-order chi connectivity index (χ0) is 13.4. The van der Waals surface area contributed by atoms with E-state index >= 15 is 0 Å². The molecule has 0 spiro atoms. The van der Waals surface area contributed by atoms with Gasteiger partial charge in [0.1, 0.15) is 6.04 Å². The molecule has 3 N–H and O–H groups in total. The Bertz CT molecular complexity index is 398. The van der Waals surface area contributed by atoms with Crippen LogP contribution in [0.3, 0.4) is 0 Å². The van der Waals surface area contributed by atoms with Gasteiger partial charge in [-0.15, -0.1) is 12.4 Å². The van der Waals surface area contributed by atoms with Gasteiger partial charge in [-0.05, 0) is 12.0 Å². The number of hydrogen-bond donors (Lipinski definition) is 2. The molecule has 0 radical (unpaired) electrons. The summed E-state index contributed by atoms with van der Waals surface area (Å²) in [6, 6.07) is 9.17. The van der Waals surface area contributed by atoms with Crippen molar-refractivity contribution in [3.8, 4) is 0 Å². The molecule has 1 aromatic carbocycles. The van der Waals surface area contributed by atoms with Crippen molar-refractivity contribution in [3.63, 3.8) is 0 Å². The molecule has 0 aliphatic heterocycles. The predicted molar refractivity (Wildman–Crippen MR) is 74.8 cm³/mol. The molecule has 1 aromatic rings. The number of nitrogens with one attached hydrogen (secondary N) is 1. The number of hydrogen-bond acceptors (Lipinski definition) is 4. The number of ether oxygens (including phenoxy) is 1. The highest BCUT2D eigenvalue weighted by Gasteiger charge is 2.18. The van der Waals surface area contributed by atoms with Crippen molar-refractivity contribution >= 4 is 24.3 Å². The van der Waals surface area contributed by atoms with Crippen LogP contribution in [-0.2, 0) is 20.9 Å². The van der Waals surface area contributed by atoms with E-state index in [2.05, 4.69) is 10.1 Å². The number of carbonyl (C=O) groups is 2. The van der Waals surface area contributed by atoms with Crippen LogP contribution in [-0.4, -0.2) is 25.0 Å². The lowest BCUT2D eigenvalue weighted by molar-refractivity contribution is -0.143. The molecule has 1 amide bonds. The number of amides is 1. The minimum Gasteiger partial charge on any atom is -0.468 e. The zero-order valence-electron chi connectivity index (χ0n) is 10.8. The number of methoxy groups -OCH3 is 1. The van der Waals surface area contributed by atoms with Crippen LogP contribution in [0.15, 0.2) is 30.3 Å². The SMILES string of the molecule is COC(=O)[C@H](CCC(N)=O)NCc1ccccc1.Cl. The lowest BCUT2D eigenvalue weighted by Crippen LogP contribution is -2.38. The first-order valence-corrected chi connectivity index (χ1v) is 5.77. The van der Waals surface area contributed by atoms with E-state index in [9.17, 15) is 9.59 Å². The van der Waals surface area contributed by atoms with Gasteiger partial charge >= 0.3 is 5.97 Å². The van der Waals surface area contributed by atoms with Gasteiger partial charge in [0.05, 0.1) is 7.11 Å². The average molecular weight is 287 g/mol. The minimum absolute atomic E-state index is 0. The van der Waals surface area contributed by atoms with E-state index in [4.69, 9.17) is 5.73 Å². The van der Waals surface area contributed by atoms with Gasteiger partial charge in [-0.1, -0.05) is 30.3 Å². The molecule has 0 saturated heterocycles. The first kappa shape index (κ1) is 17.4. The average Bonchev–Trinajstić information content (AvgIpc) is 2.39. The third kappa shape index (κ3) is 6.79. The molecule has 0 aliphatic carbocycles. The monoisotopic (exact) mass is 286 g/mol. The van der Waals surface area contributed by atoms with E-state index in [1.165, 1.54) is 7.11 Å². The smallest absolute Gasteiger partial charge is 0.322 e. The van der Waals surface area contributed by atoms with E-state index in [0.29, 0.717) is 13.0 Å². The zero-order valence-corrected chi connectivity index (χ0v) is 11.6. The van der Waals surface area contributed by atoms with Gasteiger partial charge in [0.25, 0.3) is 0 Å². The number of halogens is 1. The van der Waals surface area contributed by atoms with Crippen LogP contribution in [0.4, 0.5) is 0 Å². The molecule has 6 heteroatoms. The molecule has 0 fully saturated rings. The van der Waals surface area contributed by atoms with Gasteiger partial charge < -0.3 is 15.8 Å². The van der Waals surface area contributed by atoms with E-state index < -0.39 is 11.9 Å². The molecule has 1 rings (SSSR count). The lowest BCUT2D eigenvalue weighted by Gasteiger charge is -2.15. The summed E-state index contributed by atoms with van der Waals surface area (Å²) in [6.45, 7) is 0.541. The van der Waals surface area contributed by atoms with E-state index in [0.717, 1.165) is 5.56 Å². The Labute approximate surface area is 118 Å². The van der Waals surface area contributed by atoms with Crippen molar-refractivity contribution < 1.29 is 14.3 Å². The van der Waals surface area contributed by atoms with Crippen LogP contribution in [0, 0.1) is 0 Å². The molecule has 0 aromatic heterocycles. The summed E-state index contributed by atoms with van der Waals surface area (Å²) in [5.41, 5.74) is 6.13. The second-order valence-corrected chi connectivity index (χ2v) is 3.95. The summed E-state index contributed by atoms with van der Waals surface area (Å²) in [4.78, 5) is 22.2. The van der Waals surface area contributed by atoms with E-state index in [1.807, 2.05) is 30.3 Å². The summed E-state index contributed by atoms with van der Waals surface area (Å²) >= 11 is 0. The highest BCUT2D eigenvalue weighted by Crippen LogP contribution is 2.03. The van der Waals surface area contributed by atoms with Gasteiger partial charge in [0.15, 0.2) is 0 Å². The number of nitrogens with two attached hydrogens (primary N) is 1. The van der Waals surface area contributed by atoms with Crippen molar-refractivity contribution in [2.45, 2.75) is 25.4 Å². The molecular formula is C13H19ClN2O3. The topological polar surface area (TPSA) is 81.4 Å².